The lowest BCUT2D eigenvalue weighted by Gasteiger charge is -2.20. The summed E-state index contributed by atoms with van der Waals surface area (Å²) in [5.41, 5.74) is 2.70. The lowest BCUT2D eigenvalue weighted by Crippen LogP contribution is -2.16. The van der Waals surface area contributed by atoms with Crippen LogP contribution in [0.3, 0.4) is 0 Å². The molecule has 0 aliphatic rings. The van der Waals surface area contributed by atoms with Gasteiger partial charge in [0, 0.05) is 27.2 Å². The van der Waals surface area contributed by atoms with Gasteiger partial charge in [-0.2, -0.15) is 0 Å². The molecule has 4 rings (SSSR count). The van der Waals surface area contributed by atoms with Gasteiger partial charge in [0.2, 0.25) is 0 Å². The van der Waals surface area contributed by atoms with Crippen molar-refractivity contribution in [3.63, 3.8) is 0 Å². The molecular formula is C25H19BrClNO. The molecule has 0 bridgehead atoms. The first-order valence-electron chi connectivity index (χ1n) is 9.38. The summed E-state index contributed by atoms with van der Waals surface area (Å²) in [6, 6.07) is 29.4. The van der Waals surface area contributed by atoms with Crippen molar-refractivity contribution in [3.8, 4) is 0 Å². The fourth-order valence-electron chi connectivity index (χ4n) is 3.36. The van der Waals surface area contributed by atoms with Gasteiger partial charge >= 0.3 is 0 Å². The molecule has 0 spiro atoms. The minimum absolute atomic E-state index is 0.102. The molecule has 144 valence electrons. The van der Waals surface area contributed by atoms with Gasteiger partial charge in [0.1, 0.15) is 0 Å². The third-order valence-corrected chi connectivity index (χ3v) is 5.70. The Morgan fingerprint density at radius 2 is 1.55 bits per heavy atom. The number of carbonyl (C=O) groups excluding carboxylic acids is 1. The highest BCUT2D eigenvalue weighted by atomic mass is 79.9. The number of anilines is 1. The summed E-state index contributed by atoms with van der Waals surface area (Å²) in [6.07, 6.45) is 0.350. The first-order valence-corrected chi connectivity index (χ1v) is 10.6. The Balaban J connectivity index is 1.61. The van der Waals surface area contributed by atoms with Gasteiger partial charge in [0.15, 0.2) is 5.78 Å². The largest absolute Gasteiger partial charge is 0.378 e. The van der Waals surface area contributed by atoms with Gasteiger partial charge in [-0.1, -0.05) is 76.1 Å². The molecular weight excluding hydrogens is 446 g/mol. The molecule has 1 N–H and O–H groups in total. The summed E-state index contributed by atoms with van der Waals surface area (Å²) < 4.78 is 1.01. The number of Topliss-reactive ketones (excluding diaryl/α,β-unsaturated/α-hetero) is 1. The lowest BCUT2D eigenvalue weighted by molar-refractivity contribution is 0.0976. The summed E-state index contributed by atoms with van der Waals surface area (Å²) in [7, 11) is 0. The highest BCUT2D eigenvalue weighted by Gasteiger charge is 2.18. The quantitative estimate of drug-likeness (QED) is 0.296. The lowest BCUT2D eigenvalue weighted by atomic mass is 9.96. The SMILES string of the molecule is O=C(CC(Nc1ccc(Cl)cc1)c1ccc(Br)cc1)c1ccc2ccccc2c1. The maximum absolute atomic E-state index is 13.1. The highest BCUT2D eigenvalue weighted by Crippen LogP contribution is 2.27. The van der Waals surface area contributed by atoms with Crippen molar-refractivity contribution in [2.45, 2.75) is 12.5 Å². The summed E-state index contributed by atoms with van der Waals surface area (Å²) >= 11 is 9.49. The maximum Gasteiger partial charge on any atom is 0.165 e. The Bertz CT molecular complexity index is 1140. The monoisotopic (exact) mass is 463 g/mol. The second-order valence-corrected chi connectivity index (χ2v) is 8.30. The van der Waals surface area contributed by atoms with Gasteiger partial charge in [-0.25, -0.2) is 0 Å². The van der Waals surface area contributed by atoms with Gasteiger partial charge in [-0.3, -0.25) is 4.79 Å². The smallest absolute Gasteiger partial charge is 0.165 e. The van der Waals surface area contributed by atoms with Crippen LogP contribution in [-0.4, -0.2) is 5.78 Å². The van der Waals surface area contributed by atoms with Gasteiger partial charge < -0.3 is 5.32 Å². The molecule has 0 amide bonds. The molecule has 4 aromatic rings. The molecule has 0 radical (unpaired) electrons. The van der Waals surface area contributed by atoms with Crippen LogP contribution in [0.25, 0.3) is 10.8 Å². The number of nitrogens with one attached hydrogen (secondary N) is 1. The Kier molecular flexibility index (Phi) is 5.98. The minimum atomic E-state index is -0.150. The second kappa shape index (κ2) is 8.81. The minimum Gasteiger partial charge on any atom is -0.378 e. The number of benzene rings is 4. The zero-order valence-electron chi connectivity index (χ0n) is 15.6. The van der Waals surface area contributed by atoms with E-state index in [1.165, 1.54) is 0 Å². The first-order chi connectivity index (χ1) is 14.1. The first kappa shape index (κ1) is 19.7. The fourth-order valence-corrected chi connectivity index (χ4v) is 3.75. The molecule has 0 aliphatic carbocycles. The fraction of sp³-hybridized carbons (Fsp3) is 0.0800. The summed E-state index contributed by atoms with van der Waals surface area (Å²) in [5, 5.41) is 6.37. The summed E-state index contributed by atoms with van der Waals surface area (Å²) in [4.78, 5) is 13.1. The molecule has 0 aromatic heterocycles. The van der Waals surface area contributed by atoms with Gasteiger partial charge in [0.05, 0.1) is 6.04 Å². The number of fused-ring (bicyclic) bond motifs is 1. The standard InChI is InChI=1S/C25H19BrClNO/c26-21-9-7-18(8-10-21)24(28-23-13-11-22(27)12-14-23)16-25(29)20-6-5-17-3-1-2-4-19(17)15-20/h1-15,24,28H,16H2. The van der Waals surface area contributed by atoms with Crippen molar-refractivity contribution in [1.29, 1.82) is 0 Å². The number of halogens is 2. The van der Waals surface area contributed by atoms with E-state index in [0.29, 0.717) is 11.4 Å². The van der Waals surface area contributed by atoms with E-state index in [1.807, 2.05) is 84.9 Å². The van der Waals surface area contributed by atoms with Crippen LogP contribution in [-0.2, 0) is 0 Å². The Labute approximate surface area is 183 Å². The zero-order chi connectivity index (χ0) is 20.2. The number of hydrogen-bond acceptors (Lipinski definition) is 2. The molecule has 0 saturated heterocycles. The molecule has 29 heavy (non-hydrogen) atoms. The van der Waals surface area contributed by atoms with Gasteiger partial charge in [-0.15, -0.1) is 0 Å². The van der Waals surface area contributed by atoms with Crippen molar-refractivity contribution in [1.82, 2.24) is 0 Å². The molecule has 0 fully saturated rings. The van der Waals surface area contributed by atoms with Gasteiger partial charge in [0.25, 0.3) is 0 Å². The molecule has 4 heteroatoms. The van der Waals surface area contributed by atoms with E-state index in [9.17, 15) is 4.79 Å². The number of hydrogen-bond donors (Lipinski definition) is 1. The maximum atomic E-state index is 13.1. The van der Waals surface area contributed by atoms with Crippen LogP contribution in [0.5, 0.6) is 0 Å². The van der Waals surface area contributed by atoms with E-state index in [1.54, 1.807) is 0 Å². The predicted molar refractivity (Wildman–Crippen MR) is 125 cm³/mol. The number of ketones is 1. The Morgan fingerprint density at radius 3 is 2.28 bits per heavy atom. The molecule has 0 aliphatic heterocycles. The third kappa shape index (κ3) is 4.87. The summed E-state index contributed by atoms with van der Waals surface area (Å²) in [5.74, 6) is 0.102. The van der Waals surface area contributed by atoms with Gasteiger partial charge in [-0.05, 0) is 58.8 Å². The van der Waals surface area contributed by atoms with Crippen LogP contribution in [0.4, 0.5) is 5.69 Å². The molecule has 4 aromatic carbocycles. The highest BCUT2D eigenvalue weighted by molar-refractivity contribution is 9.10. The Morgan fingerprint density at radius 1 is 0.862 bits per heavy atom. The van der Waals surface area contributed by atoms with E-state index in [2.05, 4.69) is 27.3 Å². The van der Waals surface area contributed by atoms with Crippen molar-refractivity contribution >= 4 is 49.8 Å². The average molecular weight is 465 g/mol. The van der Waals surface area contributed by atoms with E-state index in [-0.39, 0.29) is 11.8 Å². The van der Waals surface area contributed by atoms with Crippen molar-refractivity contribution in [2.75, 3.05) is 5.32 Å². The normalized spacial score (nSPS) is 11.9. The second-order valence-electron chi connectivity index (χ2n) is 6.94. The molecule has 1 atom stereocenters. The molecule has 0 heterocycles. The van der Waals surface area contributed by atoms with Crippen LogP contribution < -0.4 is 5.32 Å². The van der Waals surface area contributed by atoms with Crippen LogP contribution in [0.2, 0.25) is 5.02 Å². The van der Waals surface area contributed by atoms with Crippen molar-refractivity contribution < 1.29 is 4.79 Å². The van der Waals surface area contributed by atoms with Crippen molar-refractivity contribution in [2.24, 2.45) is 0 Å². The Hall–Kier alpha value is -2.62. The van der Waals surface area contributed by atoms with Crippen LogP contribution in [0, 0.1) is 0 Å². The van der Waals surface area contributed by atoms with E-state index in [0.717, 1.165) is 32.1 Å². The predicted octanol–water partition coefficient (Wildman–Crippen LogP) is 7.68. The molecule has 0 saturated carbocycles. The number of carbonyl (C=O) groups is 1. The van der Waals surface area contributed by atoms with Crippen LogP contribution in [0.15, 0.2) is 95.5 Å². The van der Waals surface area contributed by atoms with Crippen LogP contribution >= 0.6 is 27.5 Å². The third-order valence-electron chi connectivity index (χ3n) is 4.92. The zero-order valence-corrected chi connectivity index (χ0v) is 18.0. The van der Waals surface area contributed by atoms with E-state index in [4.69, 9.17) is 11.6 Å². The molecule has 2 nitrogen and oxygen atoms in total. The average Bonchev–Trinajstić information content (AvgIpc) is 2.75. The van der Waals surface area contributed by atoms with Crippen molar-refractivity contribution in [3.05, 3.63) is 112 Å². The van der Waals surface area contributed by atoms with E-state index >= 15 is 0 Å². The molecule has 1 unspecified atom stereocenters. The summed E-state index contributed by atoms with van der Waals surface area (Å²) in [6.45, 7) is 0. The van der Waals surface area contributed by atoms with Crippen LogP contribution in [0.1, 0.15) is 28.4 Å². The topological polar surface area (TPSA) is 29.1 Å². The number of rotatable bonds is 6. The van der Waals surface area contributed by atoms with E-state index < -0.39 is 0 Å².